The molecule has 0 aliphatic heterocycles. The lowest BCUT2D eigenvalue weighted by Crippen LogP contribution is -2.22. The van der Waals surface area contributed by atoms with Crippen molar-refractivity contribution in [2.45, 2.75) is 71.8 Å². The number of nitrogens with two attached hydrogens (primary N) is 1. The summed E-state index contributed by atoms with van der Waals surface area (Å²) in [7, 11) is 0. The molecule has 0 bridgehead atoms. The fourth-order valence-corrected chi connectivity index (χ4v) is 3.93. The van der Waals surface area contributed by atoms with Gasteiger partial charge >= 0.3 is 0 Å². The van der Waals surface area contributed by atoms with Gasteiger partial charge in [0.1, 0.15) is 0 Å². The fourth-order valence-electron chi connectivity index (χ4n) is 3.93. The Labute approximate surface area is 159 Å². The van der Waals surface area contributed by atoms with Crippen molar-refractivity contribution in [3.63, 3.8) is 0 Å². The van der Waals surface area contributed by atoms with E-state index >= 15 is 0 Å². The van der Waals surface area contributed by atoms with Gasteiger partial charge in [0.2, 0.25) is 0 Å². The Morgan fingerprint density at radius 2 is 1.88 bits per heavy atom. The van der Waals surface area contributed by atoms with E-state index < -0.39 is 0 Å². The molecule has 2 N–H and O–H groups in total. The minimum atomic E-state index is 0.708. The van der Waals surface area contributed by atoms with Gasteiger partial charge in [-0.25, -0.2) is 0 Å². The maximum Gasteiger partial charge on any atom is 0.0943 e. The van der Waals surface area contributed by atoms with Crippen LogP contribution in [0, 0.1) is 18.8 Å². The van der Waals surface area contributed by atoms with Crippen LogP contribution < -0.4 is 5.73 Å². The Bertz CT molecular complexity index is 622. The zero-order valence-corrected chi connectivity index (χ0v) is 16.6. The molecule has 0 radical (unpaired) electrons. The number of benzene rings is 1. The second-order valence-corrected chi connectivity index (χ2v) is 7.76. The molecule has 3 nitrogen and oxygen atoms in total. The van der Waals surface area contributed by atoms with Gasteiger partial charge in [-0.3, -0.25) is 9.98 Å². The van der Waals surface area contributed by atoms with Crippen LogP contribution in [0.25, 0.3) is 0 Å². The molecular formula is C23H35N3. The van der Waals surface area contributed by atoms with E-state index in [0.29, 0.717) is 6.54 Å². The number of rotatable bonds is 9. The van der Waals surface area contributed by atoms with Crippen LogP contribution in [0.15, 0.2) is 47.0 Å². The Morgan fingerprint density at radius 1 is 1.19 bits per heavy atom. The molecule has 142 valence electrons. The third-order valence-corrected chi connectivity index (χ3v) is 5.64. The molecule has 0 heterocycles. The molecule has 1 aliphatic carbocycles. The smallest absolute Gasteiger partial charge is 0.0943 e. The van der Waals surface area contributed by atoms with Crippen LogP contribution in [0.1, 0.15) is 69.4 Å². The molecule has 2 rings (SSSR count). The highest BCUT2D eigenvalue weighted by molar-refractivity contribution is 5.82. The lowest BCUT2D eigenvalue weighted by Gasteiger charge is -2.28. The van der Waals surface area contributed by atoms with E-state index in [1.807, 2.05) is 0 Å². The van der Waals surface area contributed by atoms with Crippen LogP contribution in [-0.2, 0) is 6.54 Å². The van der Waals surface area contributed by atoms with Crippen molar-refractivity contribution in [2.75, 3.05) is 0 Å². The van der Waals surface area contributed by atoms with Crippen molar-refractivity contribution in [3.05, 3.63) is 48.2 Å². The number of nitrogens with zero attached hydrogens (tertiary/aromatic N) is 2. The average Bonchev–Trinajstić information content (AvgIpc) is 2.63. The van der Waals surface area contributed by atoms with Gasteiger partial charge in [0, 0.05) is 18.3 Å². The third-order valence-electron chi connectivity index (χ3n) is 5.64. The van der Waals surface area contributed by atoms with E-state index in [1.54, 1.807) is 6.20 Å². The average molecular weight is 354 g/mol. The van der Waals surface area contributed by atoms with E-state index in [1.165, 1.54) is 55.4 Å². The summed E-state index contributed by atoms with van der Waals surface area (Å²) >= 11 is 0. The second kappa shape index (κ2) is 10.9. The predicted octanol–water partition coefficient (Wildman–Crippen LogP) is 5.82. The molecule has 0 atom stereocenters. The van der Waals surface area contributed by atoms with Gasteiger partial charge in [-0.1, -0.05) is 50.1 Å². The van der Waals surface area contributed by atoms with Crippen LogP contribution in [0.3, 0.4) is 0 Å². The summed E-state index contributed by atoms with van der Waals surface area (Å²) < 4.78 is 0. The monoisotopic (exact) mass is 353 g/mol. The summed E-state index contributed by atoms with van der Waals surface area (Å²) in [5.41, 5.74) is 9.97. The Balaban J connectivity index is 1.68. The zero-order chi connectivity index (χ0) is 18.8. The molecule has 1 saturated carbocycles. The second-order valence-electron chi connectivity index (χ2n) is 7.76. The molecule has 0 unspecified atom stereocenters. The molecule has 0 aromatic heterocycles. The number of hydrogen-bond acceptors (Lipinski definition) is 2. The van der Waals surface area contributed by atoms with E-state index in [2.05, 4.69) is 54.7 Å². The number of aryl methyl sites for hydroxylation is 1. The molecule has 0 spiro atoms. The maximum absolute atomic E-state index is 6.21. The van der Waals surface area contributed by atoms with Crippen LogP contribution in [0.2, 0.25) is 0 Å². The summed E-state index contributed by atoms with van der Waals surface area (Å²) in [5.74, 6) is 2.43. The van der Waals surface area contributed by atoms with Crippen LogP contribution >= 0.6 is 0 Å². The predicted molar refractivity (Wildman–Crippen MR) is 114 cm³/mol. The van der Waals surface area contributed by atoms with Gasteiger partial charge in [0.15, 0.2) is 0 Å². The molecule has 1 fully saturated rings. The molecule has 3 heteroatoms. The van der Waals surface area contributed by atoms with Crippen molar-refractivity contribution in [1.82, 2.24) is 0 Å². The van der Waals surface area contributed by atoms with Crippen molar-refractivity contribution >= 4 is 11.5 Å². The van der Waals surface area contributed by atoms with E-state index in [-0.39, 0.29) is 0 Å². The summed E-state index contributed by atoms with van der Waals surface area (Å²) in [5, 5.41) is 0. The van der Waals surface area contributed by atoms with Gasteiger partial charge in [0.25, 0.3) is 0 Å². The lowest BCUT2D eigenvalue weighted by atomic mass is 9.78. The molecule has 1 aromatic rings. The maximum atomic E-state index is 6.21. The first-order valence-electron chi connectivity index (χ1n) is 10.1. The Kier molecular flexibility index (Phi) is 8.60. The largest absolute Gasteiger partial charge is 0.387 e. The summed E-state index contributed by atoms with van der Waals surface area (Å²) in [6.45, 7) is 8.59. The zero-order valence-electron chi connectivity index (χ0n) is 16.6. The van der Waals surface area contributed by atoms with Crippen molar-refractivity contribution in [3.8, 4) is 0 Å². The molecule has 0 saturated heterocycles. The minimum absolute atomic E-state index is 0.708. The lowest BCUT2D eigenvalue weighted by molar-refractivity contribution is 0.265. The van der Waals surface area contributed by atoms with E-state index in [0.717, 1.165) is 30.5 Å². The van der Waals surface area contributed by atoms with Gasteiger partial charge in [0.05, 0.1) is 12.4 Å². The normalized spacial score (nSPS) is 21.6. The highest BCUT2D eigenvalue weighted by Crippen LogP contribution is 2.33. The van der Waals surface area contributed by atoms with E-state index in [9.17, 15) is 0 Å². The molecule has 1 aliphatic rings. The minimum Gasteiger partial charge on any atom is -0.387 e. The number of hydrogen-bond donors (Lipinski definition) is 1. The number of aliphatic imine (C=N–C) groups is 2. The fraction of sp³-hybridized carbons (Fsp3) is 0.565. The van der Waals surface area contributed by atoms with Gasteiger partial charge < -0.3 is 5.73 Å². The molecule has 1 aromatic carbocycles. The highest BCUT2D eigenvalue weighted by atomic mass is 14.8. The van der Waals surface area contributed by atoms with Gasteiger partial charge in [-0.05, 0) is 62.5 Å². The molecular weight excluding hydrogens is 318 g/mol. The number of amidine groups is 1. The highest BCUT2D eigenvalue weighted by Gasteiger charge is 2.21. The van der Waals surface area contributed by atoms with E-state index in [4.69, 9.17) is 5.73 Å². The first kappa shape index (κ1) is 20.4. The third kappa shape index (κ3) is 7.15. The quantitative estimate of drug-likeness (QED) is 0.441. The first-order valence-corrected chi connectivity index (χ1v) is 10.1. The first-order chi connectivity index (χ1) is 12.6. The van der Waals surface area contributed by atoms with Gasteiger partial charge in [-0.15, -0.1) is 0 Å². The van der Waals surface area contributed by atoms with Crippen LogP contribution in [0.4, 0.5) is 0 Å². The van der Waals surface area contributed by atoms with Gasteiger partial charge in [-0.2, -0.15) is 0 Å². The Morgan fingerprint density at radius 3 is 2.58 bits per heavy atom. The van der Waals surface area contributed by atoms with Crippen LogP contribution in [-0.4, -0.2) is 11.5 Å². The molecule has 26 heavy (non-hydrogen) atoms. The topological polar surface area (TPSA) is 50.7 Å². The van der Waals surface area contributed by atoms with Crippen LogP contribution in [0.5, 0.6) is 0 Å². The molecule has 0 amide bonds. The van der Waals surface area contributed by atoms with Crippen molar-refractivity contribution < 1.29 is 0 Å². The summed E-state index contributed by atoms with van der Waals surface area (Å²) in [6, 6.07) is 8.41. The summed E-state index contributed by atoms with van der Waals surface area (Å²) in [4.78, 5) is 8.88. The summed E-state index contributed by atoms with van der Waals surface area (Å²) in [6.07, 6.45) is 11.6. The van der Waals surface area contributed by atoms with Crippen molar-refractivity contribution in [1.29, 1.82) is 0 Å². The standard InChI is InChI=1S/C23H35N3/c1-4-25-19(3)9-7-10-20-12-14-21(15-13-20)16-23(24)26-17-22-11-6-5-8-18(22)2/h4-6,8,11,20-21H,1,7,9-10,12-17H2,2-3H3,(H2,24,26). The SMILES string of the molecule is C=CN=C(C)CCCC1CCC(CC(N)=NCc2ccccc2C)CC1. The van der Waals surface area contributed by atoms with Crippen molar-refractivity contribution in [2.24, 2.45) is 27.6 Å². The Hall–Kier alpha value is -1.90.